The van der Waals surface area contributed by atoms with Gasteiger partial charge in [-0.3, -0.25) is 4.79 Å². The summed E-state index contributed by atoms with van der Waals surface area (Å²) < 4.78 is 5.87. The molecule has 0 atom stereocenters. The Morgan fingerprint density at radius 2 is 1.85 bits per heavy atom. The van der Waals surface area contributed by atoms with Gasteiger partial charge in [0, 0.05) is 5.69 Å². The summed E-state index contributed by atoms with van der Waals surface area (Å²) in [5.74, 6) is 0.239. The van der Waals surface area contributed by atoms with Crippen LogP contribution in [0.4, 0.5) is 5.69 Å². The fourth-order valence-electron chi connectivity index (χ4n) is 2.61. The zero-order chi connectivity index (χ0) is 18.4. The van der Waals surface area contributed by atoms with Crippen molar-refractivity contribution in [1.82, 2.24) is 0 Å². The zero-order valence-electron chi connectivity index (χ0n) is 14.4. The number of carbonyl (C=O) groups is 1. The van der Waals surface area contributed by atoms with Gasteiger partial charge in [0.15, 0.2) is 0 Å². The maximum absolute atomic E-state index is 12.6. The van der Waals surface area contributed by atoms with E-state index in [0.29, 0.717) is 29.2 Å². The predicted octanol–water partition coefficient (Wildman–Crippen LogP) is 4.70. The van der Waals surface area contributed by atoms with Crippen LogP contribution in [0.3, 0.4) is 0 Å². The zero-order valence-corrected chi connectivity index (χ0v) is 14.4. The minimum absolute atomic E-state index is 0.278. The van der Waals surface area contributed by atoms with Gasteiger partial charge in [0.2, 0.25) is 0 Å². The third kappa shape index (κ3) is 4.28. The Hall–Kier alpha value is -3.58. The van der Waals surface area contributed by atoms with E-state index >= 15 is 0 Å². The lowest BCUT2D eigenvalue weighted by Gasteiger charge is -2.12. The standard InChI is InChI=1S/C22H18N2O2/c1-16-6-4-8-18(12-16)15-26-21-11-3-2-10-20(21)22(25)24-19-9-5-7-17(13-19)14-23/h2-13H,15H2,1H3,(H,24,25). The van der Waals surface area contributed by atoms with Crippen molar-refractivity contribution in [1.29, 1.82) is 5.26 Å². The molecule has 1 N–H and O–H groups in total. The number of nitrogens with one attached hydrogen (secondary N) is 1. The van der Waals surface area contributed by atoms with Gasteiger partial charge in [0.1, 0.15) is 12.4 Å². The number of carbonyl (C=O) groups excluding carboxylic acids is 1. The number of anilines is 1. The lowest BCUT2D eigenvalue weighted by atomic mass is 10.1. The van der Waals surface area contributed by atoms with Crippen molar-refractivity contribution in [3.8, 4) is 11.8 Å². The monoisotopic (exact) mass is 342 g/mol. The number of hydrogen-bond acceptors (Lipinski definition) is 3. The predicted molar refractivity (Wildman–Crippen MR) is 101 cm³/mol. The molecule has 3 aromatic rings. The number of para-hydroxylation sites is 1. The number of hydrogen-bond donors (Lipinski definition) is 1. The second-order valence-electron chi connectivity index (χ2n) is 5.92. The smallest absolute Gasteiger partial charge is 0.259 e. The van der Waals surface area contributed by atoms with Gasteiger partial charge in [-0.1, -0.05) is 48.0 Å². The van der Waals surface area contributed by atoms with Gasteiger partial charge in [0.25, 0.3) is 5.91 Å². The molecule has 0 aromatic heterocycles. The molecule has 3 aromatic carbocycles. The van der Waals surface area contributed by atoms with E-state index in [1.807, 2.05) is 31.2 Å². The SMILES string of the molecule is Cc1cccc(COc2ccccc2C(=O)Nc2cccc(C#N)c2)c1. The first kappa shape index (κ1) is 17.2. The number of amides is 1. The summed E-state index contributed by atoms with van der Waals surface area (Å²) >= 11 is 0. The Morgan fingerprint density at radius 3 is 2.65 bits per heavy atom. The van der Waals surface area contributed by atoms with Crippen LogP contribution in [0.2, 0.25) is 0 Å². The van der Waals surface area contributed by atoms with Crippen LogP contribution in [-0.4, -0.2) is 5.91 Å². The lowest BCUT2D eigenvalue weighted by molar-refractivity contribution is 0.102. The van der Waals surface area contributed by atoms with E-state index in [2.05, 4.69) is 17.5 Å². The molecule has 0 fully saturated rings. The van der Waals surface area contributed by atoms with E-state index in [4.69, 9.17) is 10.00 Å². The molecule has 0 saturated carbocycles. The molecule has 0 spiro atoms. The molecule has 26 heavy (non-hydrogen) atoms. The van der Waals surface area contributed by atoms with Crippen LogP contribution < -0.4 is 10.1 Å². The number of ether oxygens (including phenoxy) is 1. The number of nitriles is 1. The Morgan fingerprint density at radius 1 is 1.04 bits per heavy atom. The summed E-state index contributed by atoms with van der Waals surface area (Å²) in [4.78, 5) is 12.6. The van der Waals surface area contributed by atoms with Crippen LogP contribution in [0.5, 0.6) is 5.75 Å². The molecule has 4 nitrogen and oxygen atoms in total. The van der Waals surface area contributed by atoms with Crippen molar-refractivity contribution >= 4 is 11.6 Å². The highest BCUT2D eigenvalue weighted by atomic mass is 16.5. The molecular formula is C22H18N2O2. The average molecular weight is 342 g/mol. The number of aryl methyl sites for hydroxylation is 1. The fraction of sp³-hybridized carbons (Fsp3) is 0.0909. The first-order valence-electron chi connectivity index (χ1n) is 8.24. The molecular weight excluding hydrogens is 324 g/mol. The number of nitrogens with zero attached hydrogens (tertiary/aromatic N) is 1. The highest BCUT2D eigenvalue weighted by molar-refractivity contribution is 6.06. The van der Waals surface area contributed by atoms with E-state index in [9.17, 15) is 4.79 Å². The fourth-order valence-corrected chi connectivity index (χ4v) is 2.61. The van der Waals surface area contributed by atoms with Crippen molar-refractivity contribution in [2.24, 2.45) is 0 Å². The molecule has 0 aliphatic carbocycles. The summed E-state index contributed by atoms with van der Waals surface area (Å²) in [6.45, 7) is 2.41. The average Bonchev–Trinajstić information content (AvgIpc) is 2.67. The van der Waals surface area contributed by atoms with Gasteiger partial charge in [-0.15, -0.1) is 0 Å². The molecule has 0 aliphatic rings. The lowest BCUT2D eigenvalue weighted by Crippen LogP contribution is -2.13. The van der Waals surface area contributed by atoms with E-state index < -0.39 is 0 Å². The van der Waals surface area contributed by atoms with Crippen LogP contribution in [0, 0.1) is 18.3 Å². The highest BCUT2D eigenvalue weighted by Crippen LogP contribution is 2.21. The maximum Gasteiger partial charge on any atom is 0.259 e. The molecule has 0 aliphatic heterocycles. The Labute approximate surface area is 152 Å². The molecule has 0 bridgehead atoms. The molecule has 0 unspecified atom stereocenters. The van der Waals surface area contributed by atoms with Gasteiger partial charge < -0.3 is 10.1 Å². The number of benzene rings is 3. The van der Waals surface area contributed by atoms with Gasteiger partial charge in [-0.25, -0.2) is 0 Å². The Bertz CT molecular complexity index is 974. The van der Waals surface area contributed by atoms with Crippen molar-refractivity contribution in [3.63, 3.8) is 0 Å². The van der Waals surface area contributed by atoms with Gasteiger partial charge in [-0.05, 0) is 42.8 Å². The quantitative estimate of drug-likeness (QED) is 0.731. The first-order chi connectivity index (χ1) is 12.7. The van der Waals surface area contributed by atoms with Crippen molar-refractivity contribution in [2.75, 3.05) is 5.32 Å². The van der Waals surface area contributed by atoms with Crippen molar-refractivity contribution in [2.45, 2.75) is 13.5 Å². The van der Waals surface area contributed by atoms with Crippen LogP contribution in [0.25, 0.3) is 0 Å². The molecule has 0 radical (unpaired) electrons. The third-order valence-corrected chi connectivity index (χ3v) is 3.86. The van der Waals surface area contributed by atoms with Crippen LogP contribution in [0.1, 0.15) is 27.0 Å². The number of rotatable bonds is 5. The van der Waals surface area contributed by atoms with Crippen molar-refractivity contribution in [3.05, 3.63) is 95.1 Å². The summed E-state index contributed by atoms with van der Waals surface area (Å²) in [6, 6.07) is 24.0. The normalized spacial score (nSPS) is 10.0. The summed E-state index contributed by atoms with van der Waals surface area (Å²) in [7, 11) is 0. The largest absolute Gasteiger partial charge is 0.488 e. The molecule has 128 valence electrons. The Balaban J connectivity index is 1.75. The molecule has 4 heteroatoms. The maximum atomic E-state index is 12.6. The van der Waals surface area contributed by atoms with Crippen LogP contribution in [0.15, 0.2) is 72.8 Å². The second kappa shape index (κ2) is 8.00. The van der Waals surface area contributed by atoms with Crippen molar-refractivity contribution < 1.29 is 9.53 Å². The molecule has 1 amide bonds. The summed E-state index contributed by atoms with van der Waals surface area (Å²) in [5.41, 5.74) is 3.72. The van der Waals surface area contributed by atoms with E-state index in [1.165, 1.54) is 0 Å². The Kier molecular flexibility index (Phi) is 5.31. The molecule has 0 saturated heterocycles. The van der Waals surface area contributed by atoms with Gasteiger partial charge in [-0.2, -0.15) is 5.26 Å². The highest BCUT2D eigenvalue weighted by Gasteiger charge is 2.13. The molecule has 0 heterocycles. The second-order valence-corrected chi connectivity index (χ2v) is 5.92. The van der Waals surface area contributed by atoms with E-state index in [1.54, 1.807) is 42.5 Å². The van der Waals surface area contributed by atoms with E-state index in [-0.39, 0.29) is 5.91 Å². The van der Waals surface area contributed by atoms with Gasteiger partial charge in [0.05, 0.1) is 17.2 Å². The topological polar surface area (TPSA) is 62.1 Å². The van der Waals surface area contributed by atoms with Crippen LogP contribution in [-0.2, 0) is 6.61 Å². The summed E-state index contributed by atoms with van der Waals surface area (Å²) in [5, 5.41) is 11.8. The third-order valence-electron chi connectivity index (χ3n) is 3.86. The summed E-state index contributed by atoms with van der Waals surface area (Å²) in [6.07, 6.45) is 0. The van der Waals surface area contributed by atoms with Gasteiger partial charge >= 0.3 is 0 Å². The first-order valence-corrected chi connectivity index (χ1v) is 8.24. The van der Waals surface area contributed by atoms with E-state index in [0.717, 1.165) is 11.1 Å². The minimum Gasteiger partial charge on any atom is -0.488 e. The minimum atomic E-state index is -0.278. The molecule has 3 rings (SSSR count). The van der Waals surface area contributed by atoms with Crippen LogP contribution >= 0.6 is 0 Å².